The van der Waals surface area contributed by atoms with E-state index in [4.69, 9.17) is 4.52 Å². The van der Waals surface area contributed by atoms with Crippen molar-refractivity contribution in [3.63, 3.8) is 0 Å². The number of hydrogen-bond acceptors (Lipinski definition) is 6. The molecular formula is C25H34N6O2. The van der Waals surface area contributed by atoms with E-state index in [1.165, 1.54) is 42.4 Å². The van der Waals surface area contributed by atoms with E-state index in [0.717, 1.165) is 17.9 Å². The number of carbonyl (C=O) groups excluding carboxylic acids is 1. The van der Waals surface area contributed by atoms with Crippen LogP contribution in [0.5, 0.6) is 0 Å². The zero-order chi connectivity index (χ0) is 23.2. The van der Waals surface area contributed by atoms with Crippen molar-refractivity contribution in [1.82, 2.24) is 30.7 Å². The van der Waals surface area contributed by atoms with Crippen molar-refractivity contribution < 1.29 is 9.32 Å². The summed E-state index contributed by atoms with van der Waals surface area (Å²) in [6.07, 6.45) is 10.4. The van der Waals surface area contributed by atoms with Gasteiger partial charge in [-0.2, -0.15) is 4.98 Å². The summed E-state index contributed by atoms with van der Waals surface area (Å²) in [5.74, 6) is 1.68. The van der Waals surface area contributed by atoms with Crippen LogP contribution in [-0.4, -0.2) is 39.1 Å². The maximum Gasteiger partial charge on any atom is 0.249 e. The Morgan fingerprint density at radius 2 is 1.97 bits per heavy atom. The molecule has 1 fully saturated rings. The molecule has 0 saturated heterocycles. The van der Waals surface area contributed by atoms with Gasteiger partial charge in [0.05, 0.1) is 18.1 Å². The van der Waals surface area contributed by atoms with Gasteiger partial charge >= 0.3 is 0 Å². The predicted octanol–water partition coefficient (Wildman–Crippen LogP) is 3.37. The number of aromatic amines is 1. The lowest BCUT2D eigenvalue weighted by molar-refractivity contribution is -0.124. The minimum Gasteiger partial charge on any atom is -0.351 e. The maximum atomic E-state index is 13.3. The van der Waals surface area contributed by atoms with Crippen LogP contribution in [-0.2, 0) is 24.1 Å². The van der Waals surface area contributed by atoms with E-state index in [1.807, 2.05) is 19.3 Å². The van der Waals surface area contributed by atoms with Crippen LogP contribution in [0.4, 0.5) is 0 Å². The van der Waals surface area contributed by atoms with Crippen LogP contribution in [0.1, 0.15) is 65.8 Å². The number of hydrogen-bond donors (Lipinski definition) is 3. The van der Waals surface area contributed by atoms with E-state index in [2.05, 4.69) is 56.7 Å². The molecule has 0 aliphatic heterocycles. The van der Waals surface area contributed by atoms with E-state index < -0.39 is 6.04 Å². The summed E-state index contributed by atoms with van der Waals surface area (Å²) in [5, 5.41) is 10.5. The molecule has 1 aromatic carbocycles. The highest BCUT2D eigenvalue weighted by Gasteiger charge is 2.27. The van der Waals surface area contributed by atoms with Gasteiger partial charge in [-0.1, -0.05) is 49.0 Å². The standard InChI is InChI=1S/C25H34N6O2/c1-16-7-6-8-17(2)20(16)13-21(26-3)24(32)29-22(12-19-14-27-15-28-19)25-30-23(31-33-25)11-18-9-4-5-10-18/h6-8,14-15,18,21-22,26H,4-5,9-13H2,1-3H3,(H,27,28)(H,29,32)/t21-,22?/m0/s1. The number of aryl methyl sites for hydroxylation is 2. The SMILES string of the molecule is CN[C@@H](Cc1c(C)cccc1C)C(=O)NC(Cc1c[nH]cn1)c1nc(CC2CCCC2)no1. The number of nitrogens with one attached hydrogen (secondary N) is 3. The summed E-state index contributed by atoms with van der Waals surface area (Å²) in [7, 11) is 1.81. The number of benzene rings is 1. The first-order chi connectivity index (χ1) is 16.0. The van der Waals surface area contributed by atoms with E-state index >= 15 is 0 Å². The van der Waals surface area contributed by atoms with Crippen molar-refractivity contribution in [2.75, 3.05) is 7.05 Å². The molecule has 2 atom stereocenters. The largest absolute Gasteiger partial charge is 0.351 e. The van der Waals surface area contributed by atoms with E-state index in [9.17, 15) is 4.79 Å². The molecule has 0 spiro atoms. The molecule has 176 valence electrons. The van der Waals surface area contributed by atoms with Crippen LogP contribution in [0.15, 0.2) is 35.2 Å². The molecule has 8 nitrogen and oxygen atoms in total. The normalized spacial score (nSPS) is 16.1. The van der Waals surface area contributed by atoms with E-state index in [-0.39, 0.29) is 11.9 Å². The molecule has 33 heavy (non-hydrogen) atoms. The average Bonchev–Trinajstić information content (AvgIpc) is 3.57. The number of nitrogens with zero attached hydrogens (tertiary/aromatic N) is 3. The molecule has 8 heteroatoms. The average molecular weight is 451 g/mol. The second-order valence-corrected chi connectivity index (χ2v) is 9.15. The van der Waals surface area contributed by atoms with Gasteiger partial charge in [0.2, 0.25) is 11.8 Å². The summed E-state index contributed by atoms with van der Waals surface area (Å²) in [6.45, 7) is 4.16. The van der Waals surface area contributed by atoms with Crippen LogP contribution in [0.3, 0.4) is 0 Å². The predicted molar refractivity (Wildman–Crippen MR) is 126 cm³/mol. The third-order valence-corrected chi connectivity index (χ3v) is 6.73. The highest BCUT2D eigenvalue weighted by molar-refractivity contribution is 5.82. The van der Waals surface area contributed by atoms with Gasteiger partial charge in [0, 0.05) is 19.0 Å². The van der Waals surface area contributed by atoms with Crippen molar-refractivity contribution in [3.05, 3.63) is 64.8 Å². The second kappa shape index (κ2) is 10.7. The fraction of sp³-hybridized carbons (Fsp3) is 0.520. The van der Waals surface area contributed by atoms with Crippen LogP contribution in [0.2, 0.25) is 0 Å². The lowest BCUT2D eigenvalue weighted by atomic mass is 9.96. The first kappa shape index (κ1) is 23.2. The van der Waals surface area contributed by atoms with Gasteiger partial charge in [0.1, 0.15) is 6.04 Å². The molecule has 1 unspecified atom stereocenters. The minimum absolute atomic E-state index is 0.101. The van der Waals surface area contributed by atoms with Crippen molar-refractivity contribution in [2.45, 2.75) is 70.9 Å². The number of H-pyrrole nitrogens is 1. The lowest BCUT2D eigenvalue weighted by Crippen LogP contribution is -2.46. The van der Waals surface area contributed by atoms with Crippen molar-refractivity contribution in [2.24, 2.45) is 5.92 Å². The number of aromatic nitrogens is 4. The molecular weight excluding hydrogens is 416 g/mol. The smallest absolute Gasteiger partial charge is 0.249 e. The minimum atomic E-state index is -0.445. The summed E-state index contributed by atoms with van der Waals surface area (Å²) >= 11 is 0. The highest BCUT2D eigenvalue weighted by Crippen LogP contribution is 2.28. The summed E-state index contributed by atoms with van der Waals surface area (Å²) in [6, 6.07) is 5.38. The van der Waals surface area contributed by atoms with Crippen LogP contribution in [0.25, 0.3) is 0 Å². The van der Waals surface area contributed by atoms with Crippen LogP contribution < -0.4 is 10.6 Å². The Morgan fingerprint density at radius 1 is 1.21 bits per heavy atom. The number of rotatable bonds is 10. The monoisotopic (exact) mass is 450 g/mol. The quantitative estimate of drug-likeness (QED) is 0.437. The molecule has 1 aliphatic rings. The van der Waals surface area contributed by atoms with Crippen molar-refractivity contribution in [1.29, 1.82) is 0 Å². The van der Waals surface area contributed by atoms with Gasteiger partial charge in [-0.25, -0.2) is 4.98 Å². The fourth-order valence-electron chi connectivity index (χ4n) is 4.75. The van der Waals surface area contributed by atoms with Crippen molar-refractivity contribution >= 4 is 5.91 Å². The van der Waals surface area contributed by atoms with Gasteiger partial charge in [0.25, 0.3) is 0 Å². The highest BCUT2D eigenvalue weighted by atomic mass is 16.5. The van der Waals surface area contributed by atoms with Crippen LogP contribution in [0, 0.1) is 19.8 Å². The Morgan fingerprint density at radius 3 is 2.64 bits per heavy atom. The Kier molecular flexibility index (Phi) is 7.54. The first-order valence-electron chi connectivity index (χ1n) is 11.9. The third kappa shape index (κ3) is 5.87. The van der Waals surface area contributed by atoms with Gasteiger partial charge in [-0.05, 0) is 49.9 Å². The van der Waals surface area contributed by atoms with Gasteiger partial charge in [0.15, 0.2) is 5.82 Å². The Hall–Kier alpha value is -3.00. The zero-order valence-electron chi connectivity index (χ0n) is 19.7. The maximum absolute atomic E-state index is 13.3. The van der Waals surface area contributed by atoms with Crippen LogP contribution >= 0.6 is 0 Å². The van der Waals surface area contributed by atoms with Gasteiger partial charge < -0.3 is 20.1 Å². The number of carbonyl (C=O) groups is 1. The molecule has 1 aliphatic carbocycles. The number of amides is 1. The van der Waals surface area contributed by atoms with E-state index in [0.29, 0.717) is 24.7 Å². The first-order valence-corrected chi connectivity index (χ1v) is 11.9. The Balaban J connectivity index is 1.49. The second-order valence-electron chi connectivity index (χ2n) is 9.15. The molecule has 1 amide bonds. The van der Waals surface area contributed by atoms with Gasteiger partial charge in [-0.3, -0.25) is 4.79 Å². The molecule has 0 radical (unpaired) electrons. The number of likely N-dealkylation sites (N-methyl/N-ethyl adjacent to an activating group) is 1. The molecule has 1 saturated carbocycles. The van der Waals surface area contributed by atoms with Gasteiger partial charge in [-0.15, -0.1) is 0 Å². The molecule has 2 aromatic heterocycles. The molecule has 0 bridgehead atoms. The molecule has 4 rings (SSSR count). The molecule has 3 N–H and O–H groups in total. The Labute approximate surface area is 195 Å². The Bertz CT molecular complexity index is 1020. The topological polar surface area (TPSA) is 109 Å². The molecule has 2 heterocycles. The summed E-state index contributed by atoms with van der Waals surface area (Å²) in [4.78, 5) is 25.3. The van der Waals surface area contributed by atoms with Crippen molar-refractivity contribution in [3.8, 4) is 0 Å². The fourth-order valence-corrected chi connectivity index (χ4v) is 4.75. The summed E-state index contributed by atoms with van der Waals surface area (Å²) < 4.78 is 5.62. The van der Waals surface area contributed by atoms with E-state index in [1.54, 1.807) is 6.33 Å². The molecule has 3 aromatic rings. The number of imidazole rings is 1. The zero-order valence-corrected chi connectivity index (χ0v) is 19.7. The third-order valence-electron chi connectivity index (χ3n) is 6.73. The lowest BCUT2D eigenvalue weighted by Gasteiger charge is -2.21. The summed E-state index contributed by atoms with van der Waals surface area (Å²) in [5.41, 5.74) is 4.38.